The number of quaternary nitrogens is 1. The number of fused-ring (bicyclic) bond motifs is 2. The molecule has 0 amide bonds. The number of hydrogen-bond acceptors (Lipinski definition) is 2. The quantitative estimate of drug-likeness (QED) is 0.482. The zero-order chi connectivity index (χ0) is 14.3. The Labute approximate surface area is 124 Å². The average Bonchev–Trinajstić information content (AvgIpc) is 2.58. The Morgan fingerprint density at radius 2 is 1.95 bits per heavy atom. The third kappa shape index (κ3) is 2.21. The van der Waals surface area contributed by atoms with E-state index in [9.17, 15) is 10.1 Å². The van der Waals surface area contributed by atoms with Crippen LogP contribution in [0.15, 0.2) is 18.2 Å². The summed E-state index contributed by atoms with van der Waals surface area (Å²) in [7, 11) is 2.27. The van der Waals surface area contributed by atoms with Gasteiger partial charge in [-0.1, -0.05) is 11.6 Å². The van der Waals surface area contributed by atoms with Crippen LogP contribution in [0.1, 0.15) is 37.7 Å². The highest BCUT2D eigenvalue weighted by Crippen LogP contribution is 2.43. The summed E-state index contributed by atoms with van der Waals surface area (Å²) < 4.78 is 0.960. The molecule has 2 unspecified atom stereocenters. The highest BCUT2D eigenvalue weighted by molar-refractivity contribution is 6.30. The molecule has 0 aromatic heterocycles. The van der Waals surface area contributed by atoms with Crippen LogP contribution in [0.4, 0.5) is 5.69 Å². The van der Waals surface area contributed by atoms with E-state index in [1.807, 2.05) is 0 Å². The summed E-state index contributed by atoms with van der Waals surface area (Å²) in [6.07, 6.45) is 6.33. The van der Waals surface area contributed by atoms with Gasteiger partial charge in [-0.15, -0.1) is 0 Å². The Kier molecular flexibility index (Phi) is 3.46. The lowest BCUT2D eigenvalue weighted by molar-refractivity contribution is -0.960. The second-order valence-electron chi connectivity index (χ2n) is 6.35. The largest absolute Gasteiger partial charge is 0.317 e. The molecule has 0 aliphatic carbocycles. The second kappa shape index (κ2) is 5.01. The van der Waals surface area contributed by atoms with E-state index < -0.39 is 0 Å². The Hall–Kier alpha value is -1.13. The molecule has 2 saturated heterocycles. The van der Waals surface area contributed by atoms with Crippen molar-refractivity contribution in [3.63, 3.8) is 0 Å². The van der Waals surface area contributed by atoms with E-state index in [0.29, 0.717) is 17.1 Å². The molecule has 1 aromatic rings. The minimum atomic E-state index is -0.288. The van der Waals surface area contributed by atoms with E-state index in [-0.39, 0.29) is 10.6 Å². The van der Waals surface area contributed by atoms with Crippen LogP contribution in [-0.4, -0.2) is 28.5 Å². The van der Waals surface area contributed by atoms with E-state index in [0.717, 1.165) is 16.6 Å². The number of benzene rings is 1. The fourth-order valence-corrected chi connectivity index (χ4v) is 4.42. The van der Waals surface area contributed by atoms with Crippen LogP contribution >= 0.6 is 11.6 Å². The molecule has 2 bridgehead atoms. The SMILES string of the molecule is C[N+]1(Cc2cc(Cl)ccc2[N+](=O)[O-])C2CCCC1CC2. The number of rotatable bonds is 3. The van der Waals surface area contributed by atoms with Crippen molar-refractivity contribution in [2.45, 2.75) is 50.7 Å². The van der Waals surface area contributed by atoms with Crippen LogP contribution in [0.5, 0.6) is 0 Å². The smallest absolute Gasteiger partial charge is 0.278 e. The molecule has 1 aromatic carbocycles. The lowest BCUT2D eigenvalue weighted by atomic mass is 9.98. The summed E-state index contributed by atoms with van der Waals surface area (Å²) >= 11 is 6.04. The zero-order valence-corrected chi connectivity index (χ0v) is 12.5. The van der Waals surface area contributed by atoms with Crippen LogP contribution in [0, 0.1) is 10.1 Å². The number of nitro benzene ring substituents is 1. The number of hydrogen-bond donors (Lipinski definition) is 0. The summed E-state index contributed by atoms with van der Waals surface area (Å²) in [5.74, 6) is 0. The molecule has 0 radical (unpaired) electrons. The van der Waals surface area contributed by atoms with Crippen molar-refractivity contribution in [2.24, 2.45) is 0 Å². The van der Waals surface area contributed by atoms with Crippen LogP contribution in [0.25, 0.3) is 0 Å². The summed E-state index contributed by atoms with van der Waals surface area (Å²) in [4.78, 5) is 10.9. The first-order chi connectivity index (χ1) is 9.50. The topological polar surface area (TPSA) is 43.1 Å². The number of nitrogens with zero attached hydrogens (tertiary/aromatic N) is 2. The molecule has 0 N–H and O–H groups in total. The van der Waals surface area contributed by atoms with Gasteiger partial charge in [-0.3, -0.25) is 10.1 Å². The van der Waals surface area contributed by atoms with Crippen LogP contribution in [0.2, 0.25) is 5.02 Å². The van der Waals surface area contributed by atoms with Gasteiger partial charge in [-0.2, -0.15) is 0 Å². The van der Waals surface area contributed by atoms with Gasteiger partial charge < -0.3 is 4.48 Å². The minimum absolute atomic E-state index is 0.207. The molecule has 2 aliphatic heterocycles. The molecule has 20 heavy (non-hydrogen) atoms. The molecule has 2 fully saturated rings. The Bertz CT molecular complexity index is 531. The molecule has 4 nitrogen and oxygen atoms in total. The maximum absolute atomic E-state index is 11.2. The van der Waals surface area contributed by atoms with Crippen LogP contribution < -0.4 is 0 Å². The van der Waals surface area contributed by atoms with Crippen molar-refractivity contribution < 1.29 is 9.41 Å². The first-order valence-electron chi connectivity index (χ1n) is 7.28. The van der Waals surface area contributed by atoms with Gasteiger partial charge in [-0.25, -0.2) is 0 Å². The van der Waals surface area contributed by atoms with Gasteiger partial charge in [0.25, 0.3) is 5.69 Å². The highest BCUT2D eigenvalue weighted by atomic mass is 35.5. The van der Waals surface area contributed by atoms with E-state index in [2.05, 4.69) is 7.05 Å². The summed E-state index contributed by atoms with van der Waals surface area (Å²) in [5.41, 5.74) is 0.988. The normalized spacial score (nSPS) is 32.3. The van der Waals surface area contributed by atoms with Crippen LogP contribution in [0.3, 0.4) is 0 Å². The maximum Gasteiger partial charge on any atom is 0.278 e. The fourth-order valence-electron chi connectivity index (χ4n) is 4.22. The second-order valence-corrected chi connectivity index (χ2v) is 6.79. The number of halogens is 1. The summed E-state index contributed by atoms with van der Waals surface area (Å²) in [5, 5.41) is 11.8. The standard InChI is InChI=1S/C15H20ClN2O2/c1-18(13-3-2-4-14(18)7-6-13)10-11-9-12(16)5-8-15(11)17(19)20/h5,8-9,13-14H,2-4,6-7,10H2,1H3/q+1. The van der Waals surface area contributed by atoms with E-state index in [1.165, 1.54) is 38.2 Å². The predicted molar refractivity (Wildman–Crippen MR) is 78.7 cm³/mol. The highest BCUT2D eigenvalue weighted by Gasteiger charge is 2.48. The summed E-state index contributed by atoms with van der Waals surface area (Å²) in [6, 6.07) is 6.24. The first kappa shape index (κ1) is 13.8. The molecule has 0 spiro atoms. The molecular formula is C15H20ClN2O2+. The predicted octanol–water partition coefficient (Wildman–Crippen LogP) is 3.91. The van der Waals surface area contributed by atoms with Crippen molar-refractivity contribution in [3.05, 3.63) is 38.9 Å². The van der Waals surface area contributed by atoms with Gasteiger partial charge in [0.2, 0.25) is 0 Å². The van der Waals surface area contributed by atoms with E-state index >= 15 is 0 Å². The maximum atomic E-state index is 11.2. The minimum Gasteiger partial charge on any atom is -0.317 e. The van der Waals surface area contributed by atoms with Gasteiger partial charge in [0.05, 0.1) is 29.6 Å². The fraction of sp³-hybridized carbons (Fsp3) is 0.600. The number of piperidine rings is 1. The van der Waals surface area contributed by atoms with Crippen molar-refractivity contribution >= 4 is 17.3 Å². The van der Waals surface area contributed by atoms with Crippen molar-refractivity contribution in [2.75, 3.05) is 7.05 Å². The van der Waals surface area contributed by atoms with E-state index in [4.69, 9.17) is 11.6 Å². The first-order valence-corrected chi connectivity index (χ1v) is 7.66. The third-order valence-corrected chi connectivity index (χ3v) is 5.56. The molecule has 2 aliphatic rings. The van der Waals surface area contributed by atoms with Gasteiger partial charge in [-0.05, 0) is 31.4 Å². The van der Waals surface area contributed by atoms with Crippen molar-refractivity contribution in [3.8, 4) is 0 Å². The Balaban J connectivity index is 1.95. The zero-order valence-electron chi connectivity index (χ0n) is 11.7. The van der Waals surface area contributed by atoms with Crippen LogP contribution in [-0.2, 0) is 6.54 Å². The summed E-state index contributed by atoms with van der Waals surface area (Å²) in [6.45, 7) is 0.728. The van der Waals surface area contributed by atoms with Crippen molar-refractivity contribution in [1.82, 2.24) is 0 Å². The van der Waals surface area contributed by atoms with Gasteiger partial charge in [0, 0.05) is 23.9 Å². The van der Waals surface area contributed by atoms with Gasteiger partial charge >= 0.3 is 0 Å². The number of nitro groups is 1. The lowest BCUT2D eigenvalue weighted by Crippen LogP contribution is -2.55. The lowest BCUT2D eigenvalue weighted by Gasteiger charge is -2.44. The molecule has 3 rings (SSSR count). The van der Waals surface area contributed by atoms with Crippen molar-refractivity contribution in [1.29, 1.82) is 0 Å². The molecule has 108 valence electrons. The van der Waals surface area contributed by atoms with E-state index in [1.54, 1.807) is 12.1 Å². The Morgan fingerprint density at radius 3 is 2.55 bits per heavy atom. The molecule has 2 heterocycles. The average molecular weight is 296 g/mol. The molecule has 5 heteroatoms. The molecular weight excluding hydrogens is 276 g/mol. The molecule has 0 saturated carbocycles. The molecule has 2 atom stereocenters. The van der Waals surface area contributed by atoms with Gasteiger partial charge in [0.15, 0.2) is 0 Å². The Morgan fingerprint density at radius 1 is 1.30 bits per heavy atom. The third-order valence-electron chi connectivity index (χ3n) is 5.33. The van der Waals surface area contributed by atoms with Gasteiger partial charge in [0.1, 0.15) is 6.54 Å². The monoisotopic (exact) mass is 295 g/mol.